The number of benzene rings is 2. The number of aryl methyl sites for hydroxylation is 2. The fraction of sp³-hybridized carbons (Fsp3) is 0.286. The molecule has 0 radical (unpaired) electrons. The summed E-state index contributed by atoms with van der Waals surface area (Å²) in [5, 5.41) is 8.58. The van der Waals surface area contributed by atoms with Crippen molar-refractivity contribution in [3.8, 4) is 11.5 Å². The van der Waals surface area contributed by atoms with E-state index >= 15 is 0 Å². The van der Waals surface area contributed by atoms with E-state index in [4.69, 9.17) is 4.42 Å². The maximum Gasteiger partial charge on any atom is 0.277 e. The Labute approximate surface area is 163 Å². The van der Waals surface area contributed by atoms with Crippen LogP contribution in [-0.4, -0.2) is 33.3 Å². The normalized spacial score (nSPS) is 10.8. The molecule has 0 saturated carbocycles. The van der Waals surface area contributed by atoms with E-state index in [1.54, 1.807) is 0 Å². The molecule has 0 bridgehead atoms. The van der Waals surface area contributed by atoms with Gasteiger partial charge in [0.25, 0.3) is 5.22 Å². The number of aromatic nitrogens is 2. The molecule has 0 aliphatic carbocycles. The zero-order valence-electron chi connectivity index (χ0n) is 15.8. The van der Waals surface area contributed by atoms with Gasteiger partial charge >= 0.3 is 0 Å². The first-order valence-corrected chi connectivity index (χ1v) is 9.91. The zero-order valence-corrected chi connectivity index (χ0v) is 16.6. The van der Waals surface area contributed by atoms with Gasteiger partial charge in [-0.3, -0.25) is 4.79 Å². The molecule has 0 spiro atoms. The Bertz CT molecular complexity index is 909. The first kappa shape index (κ1) is 19.2. The summed E-state index contributed by atoms with van der Waals surface area (Å²) >= 11 is 1.27. The van der Waals surface area contributed by atoms with E-state index < -0.39 is 0 Å². The third-order valence-corrected chi connectivity index (χ3v) is 5.23. The van der Waals surface area contributed by atoms with Crippen LogP contribution in [-0.2, 0) is 11.3 Å². The smallest absolute Gasteiger partial charge is 0.277 e. The fourth-order valence-corrected chi connectivity index (χ4v) is 3.32. The Morgan fingerprint density at radius 1 is 1.07 bits per heavy atom. The molecule has 0 unspecified atom stereocenters. The predicted molar refractivity (Wildman–Crippen MR) is 107 cm³/mol. The van der Waals surface area contributed by atoms with Crippen LogP contribution in [0, 0.1) is 13.8 Å². The topological polar surface area (TPSA) is 59.2 Å². The standard InChI is InChI=1S/C21H23N3O2S/c1-4-24(13-17-8-6-5-7-9-17)19(25)14-27-21-23-22-20(26-21)18-11-10-15(2)16(3)12-18/h5-12H,4,13-14H2,1-3H3. The number of amides is 1. The number of rotatable bonds is 7. The second-order valence-corrected chi connectivity index (χ2v) is 7.28. The molecule has 27 heavy (non-hydrogen) atoms. The molecule has 2 aromatic carbocycles. The van der Waals surface area contributed by atoms with Crippen LogP contribution >= 0.6 is 11.8 Å². The van der Waals surface area contributed by atoms with Gasteiger partial charge in [0.15, 0.2) is 0 Å². The lowest BCUT2D eigenvalue weighted by Gasteiger charge is -2.20. The Balaban J connectivity index is 1.60. The maximum absolute atomic E-state index is 12.5. The van der Waals surface area contributed by atoms with Gasteiger partial charge in [0, 0.05) is 18.7 Å². The molecule has 140 valence electrons. The van der Waals surface area contributed by atoms with Gasteiger partial charge in [-0.05, 0) is 49.6 Å². The average molecular weight is 382 g/mol. The van der Waals surface area contributed by atoms with E-state index in [1.165, 1.54) is 22.9 Å². The number of hydrogen-bond acceptors (Lipinski definition) is 5. The molecule has 0 aliphatic rings. The maximum atomic E-state index is 12.5. The summed E-state index contributed by atoms with van der Waals surface area (Å²) < 4.78 is 5.72. The number of carbonyl (C=O) groups excluding carboxylic acids is 1. The highest BCUT2D eigenvalue weighted by atomic mass is 32.2. The molecule has 0 fully saturated rings. The third-order valence-electron chi connectivity index (χ3n) is 4.43. The lowest BCUT2D eigenvalue weighted by atomic mass is 10.1. The summed E-state index contributed by atoms with van der Waals surface area (Å²) in [6.45, 7) is 7.36. The predicted octanol–water partition coefficient (Wildman–Crippen LogP) is 4.49. The lowest BCUT2D eigenvalue weighted by molar-refractivity contribution is -0.128. The van der Waals surface area contributed by atoms with Crippen LogP contribution in [0.2, 0.25) is 0 Å². The van der Waals surface area contributed by atoms with Crippen LogP contribution in [0.15, 0.2) is 58.2 Å². The molecule has 0 N–H and O–H groups in total. The van der Waals surface area contributed by atoms with Gasteiger partial charge in [-0.25, -0.2) is 0 Å². The summed E-state index contributed by atoms with van der Waals surface area (Å²) in [7, 11) is 0. The molecule has 5 nitrogen and oxygen atoms in total. The van der Waals surface area contributed by atoms with Crippen molar-refractivity contribution in [1.82, 2.24) is 15.1 Å². The van der Waals surface area contributed by atoms with Crippen LogP contribution in [0.25, 0.3) is 11.5 Å². The van der Waals surface area contributed by atoms with Crippen molar-refractivity contribution in [2.75, 3.05) is 12.3 Å². The monoisotopic (exact) mass is 381 g/mol. The Hall–Kier alpha value is -2.60. The molecule has 1 heterocycles. The van der Waals surface area contributed by atoms with Crippen LogP contribution in [0.5, 0.6) is 0 Å². The lowest BCUT2D eigenvalue weighted by Crippen LogP contribution is -2.31. The number of hydrogen-bond donors (Lipinski definition) is 0. The first-order chi connectivity index (χ1) is 13.1. The van der Waals surface area contributed by atoms with E-state index in [1.807, 2.05) is 60.4 Å². The molecule has 1 aromatic heterocycles. The van der Waals surface area contributed by atoms with Gasteiger partial charge in [0.2, 0.25) is 11.8 Å². The molecule has 6 heteroatoms. The van der Waals surface area contributed by atoms with E-state index in [2.05, 4.69) is 24.0 Å². The first-order valence-electron chi connectivity index (χ1n) is 8.92. The van der Waals surface area contributed by atoms with Crippen molar-refractivity contribution in [2.45, 2.75) is 32.5 Å². The van der Waals surface area contributed by atoms with Crippen molar-refractivity contribution in [1.29, 1.82) is 0 Å². The second kappa shape index (κ2) is 8.86. The van der Waals surface area contributed by atoms with Gasteiger partial charge in [-0.1, -0.05) is 48.2 Å². The van der Waals surface area contributed by atoms with Crippen molar-refractivity contribution in [2.24, 2.45) is 0 Å². The molecule has 3 aromatic rings. The molecule has 0 saturated heterocycles. The third kappa shape index (κ3) is 4.98. The highest BCUT2D eigenvalue weighted by Crippen LogP contribution is 2.25. The minimum Gasteiger partial charge on any atom is -0.411 e. The molecule has 1 amide bonds. The molecule has 0 atom stereocenters. The Morgan fingerprint density at radius 2 is 1.85 bits per heavy atom. The van der Waals surface area contributed by atoms with E-state index in [-0.39, 0.29) is 11.7 Å². The number of thioether (sulfide) groups is 1. The quantitative estimate of drug-likeness (QED) is 0.564. The van der Waals surface area contributed by atoms with Crippen molar-refractivity contribution in [3.05, 3.63) is 65.2 Å². The van der Waals surface area contributed by atoms with Gasteiger partial charge < -0.3 is 9.32 Å². The summed E-state index contributed by atoms with van der Waals surface area (Å²) in [5.41, 5.74) is 4.40. The number of carbonyl (C=O) groups is 1. The van der Waals surface area contributed by atoms with Crippen LogP contribution in [0.1, 0.15) is 23.6 Å². The zero-order chi connectivity index (χ0) is 19.2. The molecular weight excluding hydrogens is 358 g/mol. The van der Waals surface area contributed by atoms with Crippen LogP contribution < -0.4 is 0 Å². The largest absolute Gasteiger partial charge is 0.411 e. The van der Waals surface area contributed by atoms with Crippen molar-refractivity contribution >= 4 is 17.7 Å². The van der Waals surface area contributed by atoms with Gasteiger partial charge in [-0.2, -0.15) is 0 Å². The van der Waals surface area contributed by atoms with Crippen molar-refractivity contribution in [3.63, 3.8) is 0 Å². The van der Waals surface area contributed by atoms with Crippen molar-refractivity contribution < 1.29 is 9.21 Å². The SMILES string of the molecule is CCN(Cc1ccccc1)C(=O)CSc1nnc(-c2ccc(C)c(C)c2)o1. The van der Waals surface area contributed by atoms with Crippen LogP contribution in [0.3, 0.4) is 0 Å². The van der Waals surface area contributed by atoms with Crippen LogP contribution in [0.4, 0.5) is 0 Å². The Morgan fingerprint density at radius 3 is 2.56 bits per heavy atom. The fourth-order valence-electron chi connectivity index (χ4n) is 2.65. The van der Waals surface area contributed by atoms with Gasteiger partial charge in [0.05, 0.1) is 5.75 Å². The summed E-state index contributed by atoms with van der Waals surface area (Å²) in [4.78, 5) is 14.3. The minimum absolute atomic E-state index is 0.0530. The summed E-state index contributed by atoms with van der Waals surface area (Å²) in [6.07, 6.45) is 0. The van der Waals surface area contributed by atoms with E-state index in [0.29, 0.717) is 24.2 Å². The average Bonchev–Trinajstić information content (AvgIpc) is 3.16. The van der Waals surface area contributed by atoms with E-state index in [0.717, 1.165) is 11.1 Å². The minimum atomic E-state index is 0.0530. The second-order valence-electron chi connectivity index (χ2n) is 6.35. The summed E-state index contributed by atoms with van der Waals surface area (Å²) in [5.74, 6) is 0.803. The highest BCUT2D eigenvalue weighted by molar-refractivity contribution is 7.99. The van der Waals surface area contributed by atoms with Gasteiger partial charge in [-0.15, -0.1) is 10.2 Å². The highest BCUT2D eigenvalue weighted by Gasteiger charge is 2.16. The molecular formula is C21H23N3O2S. The summed E-state index contributed by atoms with van der Waals surface area (Å²) in [6, 6.07) is 16.0. The molecule has 0 aliphatic heterocycles. The number of nitrogens with zero attached hydrogens (tertiary/aromatic N) is 3. The molecule has 3 rings (SSSR count). The Kier molecular flexibility index (Phi) is 6.29. The van der Waals surface area contributed by atoms with Gasteiger partial charge in [0.1, 0.15) is 0 Å². The van der Waals surface area contributed by atoms with E-state index in [9.17, 15) is 4.79 Å².